The lowest BCUT2D eigenvalue weighted by molar-refractivity contribution is 0.249. The first-order chi connectivity index (χ1) is 15.1. The number of nitrogens with one attached hydrogen (secondary N) is 1. The third-order valence-electron chi connectivity index (χ3n) is 5.07. The summed E-state index contributed by atoms with van der Waals surface area (Å²) in [5.74, 6) is 2.29. The fourth-order valence-electron chi connectivity index (χ4n) is 3.46. The Morgan fingerprint density at radius 2 is 1.97 bits per heavy atom. The molecule has 4 rings (SSSR count). The third-order valence-corrected chi connectivity index (χ3v) is 5.53. The van der Waals surface area contributed by atoms with Gasteiger partial charge in [-0.05, 0) is 48.1 Å². The molecule has 0 spiro atoms. The average molecular weight is 455 g/mol. The predicted octanol–water partition coefficient (Wildman–Crippen LogP) is 3.48. The van der Waals surface area contributed by atoms with Gasteiger partial charge in [-0.3, -0.25) is 10.3 Å². The van der Waals surface area contributed by atoms with E-state index in [0.29, 0.717) is 5.76 Å². The van der Waals surface area contributed by atoms with Crippen LogP contribution in [0.3, 0.4) is 0 Å². The van der Waals surface area contributed by atoms with E-state index < -0.39 is 0 Å². The van der Waals surface area contributed by atoms with Gasteiger partial charge in [0, 0.05) is 49.5 Å². The molecular weight excluding hydrogens is 432 g/mol. The van der Waals surface area contributed by atoms with Crippen molar-refractivity contribution in [3.63, 3.8) is 0 Å². The minimum atomic E-state index is 0.104. The van der Waals surface area contributed by atoms with Crippen LogP contribution < -0.4 is 16.1 Å². The molecular formula is C22H23ClN6OS. The second-order valence-corrected chi connectivity index (χ2v) is 8.04. The molecule has 0 amide bonds. The molecule has 1 aliphatic heterocycles. The highest BCUT2D eigenvalue weighted by atomic mass is 35.5. The molecule has 1 saturated heterocycles. The molecule has 1 fully saturated rings. The molecule has 0 unspecified atom stereocenters. The van der Waals surface area contributed by atoms with Gasteiger partial charge in [0.1, 0.15) is 17.3 Å². The number of pyridine rings is 1. The number of thiocarbonyl (C=S) groups is 1. The molecule has 160 valence electrons. The van der Waals surface area contributed by atoms with Gasteiger partial charge < -0.3 is 15.1 Å². The maximum Gasteiger partial charge on any atom is 0.184 e. The van der Waals surface area contributed by atoms with E-state index in [9.17, 15) is 0 Å². The van der Waals surface area contributed by atoms with Crippen molar-refractivity contribution in [2.24, 2.45) is 10.8 Å². The standard InChI is InChI=1S/C22H23ClN6OS/c23-19-4-2-1-3-17(19)15-28-9-11-29(12-10-28)21-8-5-16(13-25-21)20-7-6-18(30-20)14-26-27-22(24)31/h1-8,13-14H,9-12,15H2,(H3,24,27,31)/b26-14+. The maximum atomic E-state index is 6.30. The van der Waals surface area contributed by atoms with E-state index in [-0.39, 0.29) is 5.11 Å². The Bertz CT molecular complexity index is 1060. The van der Waals surface area contributed by atoms with Gasteiger partial charge in [-0.1, -0.05) is 29.8 Å². The molecule has 0 saturated carbocycles. The highest BCUT2D eigenvalue weighted by molar-refractivity contribution is 7.80. The zero-order valence-corrected chi connectivity index (χ0v) is 18.4. The van der Waals surface area contributed by atoms with Crippen molar-refractivity contribution in [2.75, 3.05) is 31.1 Å². The number of benzene rings is 1. The van der Waals surface area contributed by atoms with Crippen LogP contribution in [0.25, 0.3) is 11.3 Å². The second-order valence-electron chi connectivity index (χ2n) is 7.20. The van der Waals surface area contributed by atoms with Crippen molar-refractivity contribution in [1.29, 1.82) is 0 Å². The Hall–Kier alpha value is -2.94. The molecule has 0 radical (unpaired) electrons. The molecule has 3 aromatic rings. The van der Waals surface area contributed by atoms with Crippen molar-refractivity contribution in [1.82, 2.24) is 15.3 Å². The number of rotatable bonds is 6. The first-order valence-corrected chi connectivity index (χ1v) is 10.7. The van der Waals surface area contributed by atoms with Crippen LogP contribution in [0, 0.1) is 0 Å². The minimum absolute atomic E-state index is 0.104. The summed E-state index contributed by atoms with van der Waals surface area (Å²) in [6.07, 6.45) is 3.35. The quantitative estimate of drug-likeness (QED) is 0.335. The smallest absolute Gasteiger partial charge is 0.184 e. The lowest BCUT2D eigenvalue weighted by Crippen LogP contribution is -2.46. The summed E-state index contributed by atoms with van der Waals surface area (Å²) >= 11 is 11.0. The van der Waals surface area contributed by atoms with Crippen LogP contribution in [-0.4, -0.2) is 47.4 Å². The summed E-state index contributed by atoms with van der Waals surface area (Å²) in [7, 11) is 0. The molecule has 1 aliphatic rings. The van der Waals surface area contributed by atoms with Crippen molar-refractivity contribution in [3.8, 4) is 11.3 Å². The monoisotopic (exact) mass is 454 g/mol. The van der Waals surface area contributed by atoms with Gasteiger partial charge in [-0.15, -0.1) is 0 Å². The van der Waals surface area contributed by atoms with Crippen LogP contribution >= 0.6 is 23.8 Å². The summed E-state index contributed by atoms with van der Waals surface area (Å²) < 4.78 is 5.77. The van der Waals surface area contributed by atoms with Crippen LogP contribution in [-0.2, 0) is 6.54 Å². The van der Waals surface area contributed by atoms with Crippen LogP contribution in [0.1, 0.15) is 11.3 Å². The van der Waals surface area contributed by atoms with Crippen LogP contribution in [0.15, 0.2) is 64.2 Å². The SMILES string of the molecule is NC(=S)N/N=C/c1ccc(-c2ccc(N3CCN(Cc4ccccc4Cl)CC3)nc2)o1. The number of hydrogen-bond acceptors (Lipinski definition) is 6. The molecule has 3 N–H and O–H groups in total. The summed E-state index contributed by atoms with van der Waals surface area (Å²) in [5.41, 5.74) is 9.91. The average Bonchev–Trinajstić information content (AvgIpc) is 3.25. The maximum absolute atomic E-state index is 6.30. The van der Waals surface area contributed by atoms with Gasteiger partial charge in [-0.2, -0.15) is 5.10 Å². The first-order valence-electron chi connectivity index (χ1n) is 9.94. The van der Waals surface area contributed by atoms with E-state index in [1.54, 1.807) is 0 Å². The van der Waals surface area contributed by atoms with Crippen LogP contribution in [0.2, 0.25) is 5.02 Å². The summed E-state index contributed by atoms with van der Waals surface area (Å²) in [5, 5.41) is 4.82. The number of aromatic nitrogens is 1. The van der Waals surface area contributed by atoms with Crippen molar-refractivity contribution < 1.29 is 4.42 Å². The van der Waals surface area contributed by atoms with Crippen LogP contribution in [0.5, 0.6) is 0 Å². The molecule has 0 bridgehead atoms. The zero-order chi connectivity index (χ0) is 21.6. The van der Waals surface area contributed by atoms with Gasteiger partial charge >= 0.3 is 0 Å². The Balaban J connectivity index is 1.33. The predicted molar refractivity (Wildman–Crippen MR) is 128 cm³/mol. The zero-order valence-electron chi connectivity index (χ0n) is 16.9. The van der Waals surface area contributed by atoms with Gasteiger partial charge in [0.2, 0.25) is 0 Å². The Labute approximate surface area is 191 Å². The number of hydrazone groups is 1. The van der Waals surface area contributed by atoms with E-state index in [4.69, 9.17) is 34.0 Å². The number of nitrogens with zero attached hydrogens (tertiary/aromatic N) is 4. The largest absolute Gasteiger partial charge is 0.455 e. The lowest BCUT2D eigenvalue weighted by Gasteiger charge is -2.35. The number of piperazine rings is 1. The normalized spacial score (nSPS) is 14.8. The fourth-order valence-corrected chi connectivity index (χ4v) is 3.71. The Morgan fingerprint density at radius 1 is 1.16 bits per heavy atom. The summed E-state index contributed by atoms with van der Waals surface area (Å²) in [6, 6.07) is 15.8. The van der Waals surface area contributed by atoms with E-state index in [1.165, 1.54) is 11.8 Å². The molecule has 0 atom stereocenters. The summed E-state index contributed by atoms with van der Waals surface area (Å²) in [4.78, 5) is 9.36. The number of nitrogens with two attached hydrogens (primary N) is 1. The molecule has 31 heavy (non-hydrogen) atoms. The lowest BCUT2D eigenvalue weighted by atomic mass is 10.2. The highest BCUT2D eigenvalue weighted by Gasteiger charge is 2.19. The molecule has 2 aromatic heterocycles. The Kier molecular flexibility index (Phi) is 6.81. The number of anilines is 1. The van der Waals surface area contributed by atoms with Gasteiger partial charge in [-0.25, -0.2) is 4.98 Å². The van der Waals surface area contributed by atoms with Crippen molar-refractivity contribution >= 4 is 41.0 Å². The molecule has 3 heterocycles. The molecule has 1 aromatic carbocycles. The summed E-state index contributed by atoms with van der Waals surface area (Å²) in [6.45, 7) is 4.66. The number of furan rings is 1. The van der Waals surface area contributed by atoms with Gasteiger partial charge in [0.25, 0.3) is 0 Å². The van der Waals surface area contributed by atoms with E-state index >= 15 is 0 Å². The van der Waals surface area contributed by atoms with Gasteiger partial charge in [0.15, 0.2) is 5.11 Å². The third kappa shape index (κ3) is 5.61. The van der Waals surface area contributed by atoms with E-state index in [2.05, 4.69) is 31.4 Å². The molecule has 7 nitrogen and oxygen atoms in total. The Morgan fingerprint density at radius 3 is 2.68 bits per heavy atom. The van der Waals surface area contributed by atoms with Crippen molar-refractivity contribution in [3.05, 3.63) is 71.1 Å². The van der Waals surface area contributed by atoms with E-state index in [1.807, 2.05) is 48.7 Å². The molecule has 9 heteroatoms. The van der Waals surface area contributed by atoms with Gasteiger partial charge in [0.05, 0.1) is 6.21 Å². The number of halogens is 1. The highest BCUT2D eigenvalue weighted by Crippen LogP contribution is 2.24. The first kappa shape index (κ1) is 21.3. The minimum Gasteiger partial charge on any atom is -0.455 e. The number of hydrogen-bond donors (Lipinski definition) is 2. The topological polar surface area (TPSA) is 82.9 Å². The second kappa shape index (κ2) is 9.91. The molecule has 0 aliphatic carbocycles. The van der Waals surface area contributed by atoms with Crippen molar-refractivity contribution in [2.45, 2.75) is 6.54 Å². The van der Waals surface area contributed by atoms with E-state index in [0.717, 1.165) is 54.9 Å². The van der Waals surface area contributed by atoms with Crippen LogP contribution in [0.4, 0.5) is 5.82 Å². The fraction of sp³-hybridized carbons (Fsp3) is 0.227.